The van der Waals surface area contributed by atoms with Crippen molar-refractivity contribution >= 4 is 13.4 Å². The summed E-state index contributed by atoms with van der Waals surface area (Å²) >= 11 is 0. The van der Waals surface area contributed by atoms with E-state index in [2.05, 4.69) is 4.98 Å². The average Bonchev–Trinajstić information content (AvgIpc) is 3.08. The highest BCUT2D eigenvalue weighted by molar-refractivity contribution is 7.54. The lowest BCUT2D eigenvalue weighted by Gasteiger charge is -2.25. The zero-order valence-corrected chi connectivity index (χ0v) is 17.5. The average molecular weight is 432 g/mol. The molecule has 0 saturated carbocycles. The van der Waals surface area contributed by atoms with Gasteiger partial charge in [0.25, 0.3) is 5.56 Å². The van der Waals surface area contributed by atoms with Gasteiger partial charge in [-0.2, -0.15) is 0 Å². The van der Waals surface area contributed by atoms with Gasteiger partial charge in [0.1, 0.15) is 24.5 Å². The maximum Gasteiger partial charge on any atom is 0.338 e. The molecule has 0 bridgehead atoms. The third kappa shape index (κ3) is 4.60. The number of rotatable bonds is 8. The van der Waals surface area contributed by atoms with Crippen molar-refractivity contribution in [1.82, 2.24) is 9.55 Å². The summed E-state index contributed by atoms with van der Waals surface area (Å²) in [7, 11) is -3.65. The standard InChI is InChI=1S/C17H25N2O9P/c1-5-24-29(23,25-6-2)9-10(20)12-13-14(28-17(3,4)27-13)15(26-12)19-8-7-11(21)18-16(19)22/h7-8,12-15H,5-6,9H2,1-4H3,(H,18,21,22)/t12-,13-,14-,15-/m1/s1. The molecule has 3 heterocycles. The van der Waals surface area contributed by atoms with Crippen molar-refractivity contribution in [1.29, 1.82) is 0 Å². The minimum Gasteiger partial charge on any atom is -0.341 e. The monoisotopic (exact) mass is 432 g/mol. The smallest absolute Gasteiger partial charge is 0.338 e. The number of ketones is 1. The van der Waals surface area contributed by atoms with E-state index in [9.17, 15) is 18.9 Å². The van der Waals surface area contributed by atoms with Crippen molar-refractivity contribution in [2.75, 3.05) is 19.4 Å². The molecule has 11 nitrogen and oxygen atoms in total. The van der Waals surface area contributed by atoms with E-state index in [4.69, 9.17) is 23.3 Å². The van der Waals surface area contributed by atoms with Crippen LogP contribution < -0.4 is 11.2 Å². The van der Waals surface area contributed by atoms with Gasteiger partial charge in [0.2, 0.25) is 0 Å². The molecule has 0 spiro atoms. The highest BCUT2D eigenvalue weighted by Gasteiger charge is 2.58. The van der Waals surface area contributed by atoms with Crippen molar-refractivity contribution in [2.45, 2.75) is 58.0 Å². The largest absolute Gasteiger partial charge is 0.341 e. The predicted molar refractivity (Wildman–Crippen MR) is 99.8 cm³/mol. The van der Waals surface area contributed by atoms with Gasteiger partial charge < -0.3 is 23.3 Å². The second-order valence-electron chi connectivity index (χ2n) is 7.10. The molecule has 2 aliphatic heterocycles. The Morgan fingerprint density at radius 3 is 2.41 bits per heavy atom. The van der Waals surface area contributed by atoms with Gasteiger partial charge in [0.15, 0.2) is 17.8 Å². The Morgan fingerprint density at radius 2 is 1.83 bits per heavy atom. The Balaban J connectivity index is 1.89. The van der Waals surface area contributed by atoms with E-state index in [1.165, 1.54) is 6.20 Å². The number of nitrogens with zero attached hydrogens (tertiary/aromatic N) is 1. The Morgan fingerprint density at radius 1 is 1.21 bits per heavy atom. The van der Waals surface area contributed by atoms with E-state index in [1.807, 2.05) is 0 Å². The molecule has 29 heavy (non-hydrogen) atoms. The number of fused-ring (bicyclic) bond motifs is 1. The Labute approximate surface area is 166 Å². The molecule has 3 rings (SSSR count). The second-order valence-corrected chi connectivity index (χ2v) is 9.15. The van der Waals surface area contributed by atoms with Crippen molar-refractivity contribution in [3.63, 3.8) is 0 Å². The topological polar surface area (TPSA) is 135 Å². The van der Waals surface area contributed by atoms with Crippen molar-refractivity contribution in [3.8, 4) is 0 Å². The highest BCUT2D eigenvalue weighted by Crippen LogP contribution is 2.50. The summed E-state index contributed by atoms with van der Waals surface area (Å²) in [5, 5.41) is 0. The van der Waals surface area contributed by atoms with Crippen LogP contribution in [-0.4, -0.2) is 58.8 Å². The van der Waals surface area contributed by atoms with Crippen LogP contribution in [-0.2, 0) is 32.6 Å². The van der Waals surface area contributed by atoms with E-state index in [-0.39, 0.29) is 13.2 Å². The summed E-state index contributed by atoms with van der Waals surface area (Å²) in [6.07, 6.45) is -3.03. The van der Waals surface area contributed by atoms with E-state index < -0.39 is 61.1 Å². The Hall–Kier alpha value is -1.62. The van der Waals surface area contributed by atoms with Gasteiger partial charge in [-0.25, -0.2) is 4.79 Å². The van der Waals surface area contributed by atoms with Crippen LogP contribution in [0.3, 0.4) is 0 Å². The number of carbonyl (C=O) groups is 1. The Kier molecular flexibility index (Phi) is 6.28. The minimum absolute atomic E-state index is 0.115. The van der Waals surface area contributed by atoms with Crippen LogP contribution in [0.15, 0.2) is 21.9 Å². The van der Waals surface area contributed by atoms with Gasteiger partial charge >= 0.3 is 13.3 Å². The van der Waals surface area contributed by atoms with Gasteiger partial charge in [-0.3, -0.25) is 23.7 Å². The molecule has 0 radical (unpaired) electrons. The predicted octanol–water partition coefficient (Wildman–Crippen LogP) is 0.789. The molecule has 4 atom stereocenters. The highest BCUT2D eigenvalue weighted by atomic mass is 31.2. The lowest BCUT2D eigenvalue weighted by atomic mass is 10.1. The van der Waals surface area contributed by atoms with E-state index in [1.54, 1.807) is 27.7 Å². The normalized spacial score (nSPS) is 28.4. The number of ether oxygens (including phenoxy) is 3. The first kappa shape index (κ1) is 22.1. The zero-order chi connectivity index (χ0) is 21.4. The number of H-pyrrole nitrogens is 1. The molecule has 0 unspecified atom stereocenters. The van der Waals surface area contributed by atoms with Crippen LogP contribution in [0.4, 0.5) is 0 Å². The number of hydrogen-bond acceptors (Lipinski definition) is 9. The molecule has 1 aromatic heterocycles. The molecule has 1 aromatic rings. The van der Waals surface area contributed by atoms with Crippen LogP contribution in [0.5, 0.6) is 0 Å². The number of hydrogen-bond donors (Lipinski definition) is 1. The number of Topliss-reactive ketones (excluding diaryl/α,β-unsaturated/α-hetero) is 1. The summed E-state index contributed by atoms with van der Waals surface area (Å²) in [4.78, 5) is 38.7. The first-order valence-electron chi connectivity index (χ1n) is 9.32. The maximum absolute atomic E-state index is 12.9. The lowest BCUT2D eigenvalue weighted by molar-refractivity contribution is -0.197. The first-order valence-corrected chi connectivity index (χ1v) is 11.1. The van der Waals surface area contributed by atoms with E-state index >= 15 is 0 Å². The molecule has 162 valence electrons. The Bertz CT molecular complexity index is 914. The molecule has 2 aliphatic rings. The van der Waals surface area contributed by atoms with Crippen LogP contribution in [0.2, 0.25) is 0 Å². The molecule has 1 N–H and O–H groups in total. The van der Waals surface area contributed by atoms with Crippen molar-refractivity contribution in [2.24, 2.45) is 0 Å². The summed E-state index contributed by atoms with van der Waals surface area (Å²) in [6.45, 7) is 6.87. The number of nitrogens with one attached hydrogen (secondary N) is 1. The van der Waals surface area contributed by atoms with E-state index in [0.717, 1.165) is 10.6 Å². The molecule has 12 heteroatoms. The number of aromatic amines is 1. The van der Waals surface area contributed by atoms with Gasteiger partial charge in [0.05, 0.1) is 13.2 Å². The van der Waals surface area contributed by atoms with Gasteiger partial charge in [-0.1, -0.05) is 0 Å². The summed E-state index contributed by atoms with van der Waals surface area (Å²) in [5.74, 6) is -1.57. The SMILES string of the molecule is CCOP(=O)(CC(=O)[C@H]1O[C@@H](n2ccc(=O)[nH]c2=O)[C@@H]2OC(C)(C)O[C@@H]21)OCC. The third-order valence-corrected chi connectivity index (χ3v) is 6.47. The molecule has 0 amide bonds. The number of aromatic nitrogens is 2. The zero-order valence-electron chi connectivity index (χ0n) is 16.7. The van der Waals surface area contributed by atoms with Crippen molar-refractivity contribution in [3.05, 3.63) is 33.1 Å². The molecule has 0 aliphatic carbocycles. The lowest BCUT2D eigenvalue weighted by Crippen LogP contribution is -2.37. The van der Waals surface area contributed by atoms with Crippen molar-refractivity contribution < 1.29 is 32.6 Å². The maximum atomic E-state index is 12.9. The first-order chi connectivity index (χ1) is 13.6. The summed E-state index contributed by atoms with van der Waals surface area (Å²) < 4.78 is 41.7. The number of carbonyl (C=O) groups excluding carboxylic acids is 1. The van der Waals surface area contributed by atoms with Crippen LogP contribution in [0, 0.1) is 0 Å². The molecule has 2 fully saturated rings. The van der Waals surface area contributed by atoms with Gasteiger partial charge in [-0.05, 0) is 27.7 Å². The quantitative estimate of drug-likeness (QED) is 0.591. The third-order valence-electron chi connectivity index (χ3n) is 4.47. The molecule has 2 saturated heterocycles. The fourth-order valence-corrected chi connectivity index (χ4v) is 5.10. The second kappa shape index (κ2) is 8.25. The van der Waals surface area contributed by atoms with Gasteiger partial charge in [-0.15, -0.1) is 0 Å². The van der Waals surface area contributed by atoms with Crippen LogP contribution in [0.25, 0.3) is 0 Å². The van der Waals surface area contributed by atoms with Crippen LogP contribution >= 0.6 is 7.60 Å². The summed E-state index contributed by atoms with van der Waals surface area (Å²) in [5.41, 5.74) is -1.27. The van der Waals surface area contributed by atoms with E-state index in [0.29, 0.717) is 0 Å². The summed E-state index contributed by atoms with van der Waals surface area (Å²) in [6, 6.07) is 1.16. The van der Waals surface area contributed by atoms with Crippen LogP contribution in [0.1, 0.15) is 33.9 Å². The van der Waals surface area contributed by atoms with Gasteiger partial charge in [0, 0.05) is 12.3 Å². The molecule has 0 aromatic carbocycles. The minimum atomic E-state index is -3.65. The molecular formula is C17H25N2O9P. The fourth-order valence-electron chi connectivity index (χ4n) is 3.49. The fraction of sp³-hybridized carbons (Fsp3) is 0.706. The molecular weight excluding hydrogens is 407 g/mol.